The van der Waals surface area contributed by atoms with Gasteiger partial charge in [-0.2, -0.15) is 60.8 Å². The van der Waals surface area contributed by atoms with E-state index in [4.69, 9.17) is 4.55 Å². The molecule has 5 aromatic rings. The van der Waals surface area contributed by atoms with E-state index in [0.717, 1.165) is 24.3 Å². The van der Waals surface area contributed by atoms with Crippen molar-refractivity contribution >= 4 is 111 Å². The molecule has 0 aliphatic carbocycles. The van der Waals surface area contributed by atoms with Crippen LogP contribution in [-0.2, 0) is 64.9 Å². The Bertz CT molecular complexity index is 3470. The van der Waals surface area contributed by atoms with Crippen molar-refractivity contribution in [2.45, 2.75) is 19.6 Å². The minimum absolute atomic E-state index is 0.227. The highest BCUT2D eigenvalue weighted by Gasteiger charge is 2.27. The zero-order valence-corrected chi connectivity index (χ0v) is 35.7. The monoisotopic (exact) mass is 1020 g/mol. The minimum Gasteiger partial charge on any atom is -0.505 e. The first-order chi connectivity index (χ1) is 29.3. The van der Waals surface area contributed by atoms with Crippen LogP contribution in [0.25, 0.3) is 10.8 Å². The molecule has 0 saturated heterocycles. The molecule has 0 fully saturated rings. The van der Waals surface area contributed by atoms with Gasteiger partial charge in [0.2, 0.25) is 5.95 Å². The maximum atomic E-state index is 13.7. The van der Waals surface area contributed by atoms with Gasteiger partial charge in [-0.25, -0.2) is 12.6 Å². The Morgan fingerprint density at radius 2 is 1.25 bits per heavy atom. The zero-order chi connectivity index (χ0) is 47.8. The van der Waals surface area contributed by atoms with E-state index in [0.29, 0.717) is 36.4 Å². The smallest absolute Gasteiger partial charge is 0.397 e. The molecule has 0 bridgehead atoms. The quantitative estimate of drug-likeness (QED) is 0.0284. The number of nitrogens with zero attached hydrogens (tertiary/aromatic N) is 6. The Morgan fingerprint density at radius 1 is 0.625 bits per heavy atom. The predicted molar refractivity (Wildman–Crippen MR) is 211 cm³/mol. The van der Waals surface area contributed by atoms with Crippen molar-refractivity contribution in [1.82, 2.24) is 9.97 Å². The van der Waals surface area contributed by atoms with Crippen molar-refractivity contribution < 1.29 is 91.3 Å². The van der Waals surface area contributed by atoms with Crippen molar-refractivity contribution in [1.29, 1.82) is 0 Å². The van der Waals surface area contributed by atoms with E-state index in [-0.39, 0.29) is 5.69 Å². The molecular weight excluding hydrogens is 995 g/mol. The van der Waals surface area contributed by atoms with Crippen molar-refractivity contribution in [3.8, 4) is 5.75 Å². The Balaban J connectivity index is 1.70. The second kappa shape index (κ2) is 18.0. The number of benzene rings is 4. The van der Waals surface area contributed by atoms with Gasteiger partial charge in [-0.05, 0) is 54.6 Å². The number of halogens is 2. The number of aromatic hydroxyl groups is 1. The summed E-state index contributed by atoms with van der Waals surface area (Å²) in [6.45, 7) is -1.14. The number of hydrogen-bond acceptors (Lipinski definition) is 22. The molecule has 64 heavy (non-hydrogen) atoms. The lowest BCUT2D eigenvalue weighted by Crippen LogP contribution is -2.16. The molecule has 8 N–H and O–H groups in total. The predicted octanol–water partition coefficient (Wildman–Crippen LogP) is 3.78. The molecule has 0 atom stereocenters. The van der Waals surface area contributed by atoms with Crippen LogP contribution in [0.1, 0.15) is 0 Å². The molecule has 0 aliphatic rings. The van der Waals surface area contributed by atoms with Gasteiger partial charge < -0.3 is 15.7 Å². The number of phenols is 1. The number of nitrogens with one attached hydrogen (secondary N) is 2. The third-order valence-corrected chi connectivity index (χ3v) is 13.1. The summed E-state index contributed by atoms with van der Waals surface area (Å²) in [5.74, 6) is -5.49. The number of azo groups is 2. The average molecular weight is 1020 g/mol. The molecule has 0 spiro atoms. The maximum Gasteiger partial charge on any atom is 0.397 e. The summed E-state index contributed by atoms with van der Waals surface area (Å²) in [5, 5.41) is 29.4. The van der Waals surface area contributed by atoms with E-state index in [1.807, 2.05) is 0 Å². The number of sulfone groups is 1. The van der Waals surface area contributed by atoms with Crippen LogP contribution in [0.4, 0.5) is 48.7 Å². The number of aromatic nitrogens is 2. The number of rotatable bonds is 17. The van der Waals surface area contributed by atoms with Crippen LogP contribution < -0.4 is 10.6 Å². The van der Waals surface area contributed by atoms with Gasteiger partial charge in [0.25, 0.3) is 40.5 Å². The standard InChI is InChI=1S/C29H24F2N8O19S6/c30-24-12-25(35-29(31)34-24)33-14-1-6-21(61(46,47)48)20(9-14)37-39-27-23(63(52,53)54)11-17-16(28(27)40)3-5-19(32-13-60(43,44)45)26(17)38-36-18-4-2-15(10-22(18)62(49,50)51)59(41,42)8-7-58-64(55,56)57/h1-6,9-12,32,40H,7-8,13H2,(H,33,34,35)(H,43,44,45)(H,46,47,48)(H,49,50,51)(H,52,53,54)(H,55,56,57). The lowest BCUT2D eigenvalue weighted by atomic mass is 10.1. The van der Waals surface area contributed by atoms with Crippen molar-refractivity contribution in [2.75, 3.05) is 28.9 Å². The van der Waals surface area contributed by atoms with Gasteiger partial charge in [0.15, 0.2) is 15.6 Å². The van der Waals surface area contributed by atoms with Crippen LogP contribution >= 0.6 is 0 Å². The topological polar surface area (TPSA) is 435 Å². The van der Waals surface area contributed by atoms with E-state index in [1.54, 1.807) is 0 Å². The highest BCUT2D eigenvalue weighted by Crippen LogP contribution is 2.47. The molecule has 0 radical (unpaired) electrons. The third-order valence-electron chi connectivity index (χ3n) is 7.77. The Hall–Kier alpha value is -5.86. The molecule has 0 unspecified atom stereocenters. The number of anilines is 3. The first-order valence-corrected chi connectivity index (χ1v) is 25.1. The molecular formula is C29H24F2N8O19S6. The molecule has 0 aliphatic heterocycles. The zero-order valence-electron chi connectivity index (χ0n) is 30.8. The Kier molecular flexibility index (Phi) is 13.8. The molecule has 0 amide bonds. The lowest BCUT2D eigenvalue weighted by molar-refractivity contribution is 0.284. The summed E-state index contributed by atoms with van der Waals surface area (Å²) in [7, 11) is -30.8. The summed E-state index contributed by atoms with van der Waals surface area (Å²) >= 11 is 0. The molecule has 5 rings (SSSR count). The van der Waals surface area contributed by atoms with Crippen LogP contribution in [0.3, 0.4) is 0 Å². The van der Waals surface area contributed by atoms with E-state index in [9.17, 15) is 82.6 Å². The number of hydrogen-bond donors (Lipinski definition) is 8. The number of fused-ring (bicyclic) bond motifs is 1. The van der Waals surface area contributed by atoms with Gasteiger partial charge in [-0.3, -0.25) is 22.8 Å². The highest BCUT2D eigenvalue weighted by molar-refractivity contribution is 7.91. The van der Waals surface area contributed by atoms with Crippen LogP contribution in [0.15, 0.2) is 101 Å². The molecule has 0 saturated carbocycles. The van der Waals surface area contributed by atoms with Crippen molar-refractivity contribution in [3.63, 3.8) is 0 Å². The lowest BCUT2D eigenvalue weighted by Gasteiger charge is -2.14. The fraction of sp³-hybridized carbons (Fsp3) is 0.103. The van der Waals surface area contributed by atoms with E-state index in [2.05, 4.69) is 45.2 Å². The van der Waals surface area contributed by atoms with Crippen LogP contribution in [0.2, 0.25) is 0 Å². The summed E-state index contributed by atoms with van der Waals surface area (Å²) in [4.78, 5) is 1.59. The highest BCUT2D eigenvalue weighted by atomic mass is 32.3. The molecule has 1 aromatic heterocycles. The normalized spacial score (nSPS) is 13.2. The molecule has 1 heterocycles. The van der Waals surface area contributed by atoms with Crippen LogP contribution in [-0.4, -0.2) is 107 Å². The summed E-state index contributed by atoms with van der Waals surface area (Å²) < 4.78 is 224. The van der Waals surface area contributed by atoms with Gasteiger partial charge in [0, 0.05) is 22.5 Å². The average Bonchev–Trinajstić information content (AvgIpc) is 3.13. The van der Waals surface area contributed by atoms with Crippen LogP contribution in [0, 0.1) is 12.0 Å². The first-order valence-electron chi connectivity index (χ1n) is 16.2. The van der Waals surface area contributed by atoms with Gasteiger partial charge >= 0.3 is 16.5 Å². The minimum atomic E-state index is -5.57. The summed E-state index contributed by atoms with van der Waals surface area (Å²) in [6, 6.07) is 7.16. The van der Waals surface area contributed by atoms with Crippen molar-refractivity contribution in [2.24, 2.45) is 20.5 Å². The molecule has 35 heteroatoms. The summed E-state index contributed by atoms with van der Waals surface area (Å²) in [6.07, 6.45) is -1.51. The van der Waals surface area contributed by atoms with Crippen molar-refractivity contribution in [3.05, 3.63) is 72.7 Å². The molecule has 4 aromatic carbocycles. The first kappa shape index (κ1) is 49.2. The third kappa shape index (κ3) is 12.4. The van der Waals surface area contributed by atoms with Gasteiger partial charge in [-0.1, -0.05) is 0 Å². The van der Waals surface area contributed by atoms with Gasteiger partial charge in [-0.15, -0.1) is 20.5 Å². The van der Waals surface area contributed by atoms with Crippen LogP contribution in [0.5, 0.6) is 5.75 Å². The Morgan fingerprint density at radius 3 is 1.84 bits per heavy atom. The Labute approximate surface area is 358 Å². The second-order valence-corrected chi connectivity index (χ2v) is 21.0. The molecule has 344 valence electrons. The number of phenolic OH excluding ortho intramolecular Hbond substituents is 1. The summed E-state index contributed by atoms with van der Waals surface area (Å²) in [5.41, 5.74) is -4.32. The fourth-order valence-electron chi connectivity index (χ4n) is 5.16. The largest absolute Gasteiger partial charge is 0.505 e. The molecule has 27 nitrogen and oxygen atoms in total. The van der Waals surface area contributed by atoms with E-state index >= 15 is 0 Å². The van der Waals surface area contributed by atoms with E-state index in [1.165, 1.54) is 0 Å². The van der Waals surface area contributed by atoms with E-state index < -0.39 is 161 Å². The second-order valence-electron chi connectivity index (χ2n) is 12.2. The fourth-order valence-corrected chi connectivity index (χ4v) is 8.99. The van der Waals surface area contributed by atoms with Gasteiger partial charge in [0.1, 0.15) is 49.1 Å². The van der Waals surface area contributed by atoms with Gasteiger partial charge in [0.05, 0.1) is 22.9 Å². The maximum absolute atomic E-state index is 13.7. The SMILES string of the molecule is O=S(=O)(O)CNc1ccc2c(O)c(N=Nc3cc(Nc4cc(F)nc(F)n4)ccc3S(=O)(=O)O)c(S(=O)(=O)O)cc2c1N=Nc1ccc(S(=O)(=O)CCOS(=O)(=O)O)cc1S(=O)(=O)O.